The molecule has 0 aliphatic heterocycles. The Kier molecular flexibility index (Phi) is 5.07. The molecule has 0 saturated heterocycles. The lowest BCUT2D eigenvalue weighted by Crippen LogP contribution is -2.07. The summed E-state index contributed by atoms with van der Waals surface area (Å²) in [6.45, 7) is 0. The van der Waals surface area contributed by atoms with Crippen molar-refractivity contribution >= 4 is 11.8 Å². The molecule has 3 rings (SSSR count). The second kappa shape index (κ2) is 7.80. The van der Waals surface area contributed by atoms with Gasteiger partial charge in [-0.25, -0.2) is 0 Å². The predicted molar refractivity (Wildman–Crippen MR) is 99.4 cm³/mol. The van der Waals surface area contributed by atoms with Crippen LogP contribution in [-0.2, 0) is 0 Å². The van der Waals surface area contributed by atoms with Crippen LogP contribution in [0.4, 0.5) is 5.69 Å². The monoisotopic (exact) mass is 310 g/mol. The first-order valence-electron chi connectivity index (χ1n) is 7.90. The van der Waals surface area contributed by atoms with Gasteiger partial charge in [-0.2, -0.15) is 5.26 Å². The second-order valence-corrected chi connectivity index (χ2v) is 5.49. The summed E-state index contributed by atoms with van der Waals surface area (Å²) < 4.78 is 0. The lowest BCUT2D eigenvalue weighted by molar-refractivity contribution is 0.989. The first-order chi connectivity index (χ1) is 11.8. The quantitative estimate of drug-likeness (QED) is 0.682. The molecule has 0 aliphatic rings. The molecule has 1 atom stereocenters. The highest BCUT2D eigenvalue weighted by Gasteiger charge is 2.07. The van der Waals surface area contributed by atoms with Crippen LogP contribution in [0.15, 0.2) is 91.0 Å². The van der Waals surface area contributed by atoms with Gasteiger partial charge in [0, 0.05) is 5.69 Å². The molecule has 2 heteroatoms. The normalized spacial score (nSPS) is 11.8. The lowest BCUT2D eigenvalue weighted by atomic mass is 10.0. The summed E-state index contributed by atoms with van der Waals surface area (Å²) in [6, 6.07) is 30.3. The number of nitriles is 1. The van der Waals surface area contributed by atoms with Gasteiger partial charge in [0.05, 0.1) is 17.7 Å². The van der Waals surface area contributed by atoms with Crippen LogP contribution in [0.25, 0.3) is 6.08 Å². The molecule has 0 spiro atoms. The lowest BCUT2D eigenvalue weighted by Gasteiger charge is -2.17. The van der Waals surface area contributed by atoms with Gasteiger partial charge in [0.25, 0.3) is 0 Å². The molecule has 0 aromatic heterocycles. The summed E-state index contributed by atoms with van der Waals surface area (Å²) in [6.07, 6.45) is 4.27. The number of hydrogen-bond donors (Lipinski definition) is 1. The molecule has 0 amide bonds. The van der Waals surface area contributed by atoms with E-state index in [1.807, 2.05) is 60.7 Å². The van der Waals surface area contributed by atoms with Crippen molar-refractivity contribution in [2.45, 2.75) is 6.04 Å². The van der Waals surface area contributed by atoms with Crippen molar-refractivity contribution in [3.8, 4) is 6.07 Å². The van der Waals surface area contributed by atoms with E-state index in [0.29, 0.717) is 5.56 Å². The van der Waals surface area contributed by atoms with Gasteiger partial charge in [0.15, 0.2) is 0 Å². The molecule has 24 heavy (non-hydrogen) atoms. The first-order valence-corrected chi connectivity index (χ1v) is 7.90. The topological polar surface area (TPSA) is 35.8 Å². The highest BCUT2D eigenvalue weighted by Crippen LogP contribution is 2.22. The third-order valence-corrected chi connectivity index (χ3v) is 3.78. The maximum Gasteiger partial charge on any atom is 0.0991 e. The molecule has 3 aromatic carbocycles. The number of hydrogen-bond acceptors (Lipinski definition) is 2. The molecule has 0 fully saturated rings. The third-order valence-electron chi connectivity index (χ3n) is 3.78. The van der Waals surface area contributed by atoms with Crippen LogP contribution in [-0.4, -0.2) is 0 Å². The largest absolute Gasteiger partial charge is 0.375 e. The van der Waals surface area contributed by atoms with Gasteiger partial charge in [-0.15, -0.1) is 0 Å². The van der Waals surface area contributed by atoms with Crippen molar-refractivity contribution in [1.29, 1.82) is 5.26 Å². The van der Waals surface area contributed by atoms with Crippen LogP contribution in [0.1, 0.15) is 22.7 Å². The standard InChI is InChI=1S/C22H18N2/c23-17-19-11-14-21(15-12-19)24-22(20-9-5-2-6-10-20)16-13-18-7-3-1-4-8-18/h1-16,22,24H/b16-13+. The van der Waals surface area contributed by atoms with E-state index >= 15 is 0 Å². The molecular formula is C22H18N2. The Morgan fingerprint density at radius 2 is 1.42 bits per heavy atom. The van der Waals surface area contributed by atoms with Gasteiger partial charge in [0.1, 0.15) is 0 Å². The van der Waals surface area contributed by atoms with E-state index in [1.54, 1.807) is 0 Å². The summed E-state index contributed by atoms with van der Waals surface area (Å²) >= 11 is 0. The van der Waals surface area contributed by atoms with Crippen LogP contribution >= 0.6 is 0 Å². The fourth-order valence-electron chi connectivity index (χ4n) is 2.49. The Morgan fingerprint density at radius 3 is 2.04 bits per heavy atom. The van der Waals surface area contributed by atoms with E-state index in [9.17, 15) is 0 Å². The van der Waals surface area contributed by atoms with Crippen LogP contribution in [0.3, 0.4) is 0 Å². The van der Waals surface area contributed by atoms with Gasteiger partial charge in [-0.1, -0.05) is 72.8 Å². The maximum absolute atomic E-state index is 8.92. The van der Waals surface area contributed by atoms with Gasteiger partial charge >= 0.3 is 0 Å². The van der Waals surface area contributed by atoms with Crippen LogP contribution < -0.4 is 5.32 Å². The minimum Gasteiger partial charge on any atom is -0.375 e. The fraction of sp³-hybridized carbons (Fsp3) is 0.0455. The molecule has 1 N–H and O–H groups in total. The fourth-order valence-corrected chi connectivity index (χ4v) is 2.49. The average molecular weight is 310 g/mol. The number of rotatable bonds is 5. The van der Waals surface area contributed by atoms with Gasteiger partial charge in [-0.3, -0.25) is 0 Å². The summed E-state index contributed by atoms with van der Waals surface area (Å²) in [5, 5.41) is 12.4. The van der Waals surface area contributed by atoms with E-state index in [1.165, 1.54) is 11.1 Å². The van der Waals surface area contributed by atoms with E-state index in [-0.39, 0.29) is 6.04 Å². The molecule has 0 aliphatic carbocycles. The summed E-state index contributed by atoms with van der Waals surface area (Å²) in [5.41, 5.74) is 4.01. The minimum absolute atomic E-state index is 0.0549. The second-order valence-electron chi connectivity index (χ2n) is 5.49. The van der Waals surface area contributed by atoms with Gasteiger partial charge in [-0.05, 0) is 35.4 Å². The molecule has 2 nitrogen and oxygen atoms in total. The maximum atomic E-state index is 8.92. The Balaban J connectivity index is 1.84. The molecular weight excluding hydrogens is 292 g/mol. The average Bonchev–Trinajstić information content (AvgIpc) is 2.67. The van der Waals surface area contributed by atoms with Crippen molar-refractivity contribution in [3.63, 3.8) is 0 Å². The first kappa shape index (κ1) is 15.6. The number of nitrogens with one attached hydrogen (secondary N) is 1. The highest BCUT2D eigenvalue weighted by atomic mass is 14.9. The Hall–Kier alpha value is -3.31. The van der Waals surface area contributed by atoms with E-state index < -0.39 is 0 Å². The molecule has 116 valence electrons. The highest BCUT2D eigenvalue weighted by molar-refractivity contribution is 5.55. The summed E-state index contributed by atoms with van der Waals surface area (Å²) in [4.78, 5) is 0. The smallest absolute Gasteiger partial charge is 0.0991 e. The SMILES string of the molecule is N#Cc1ccc(NC(/C=C/c2ccccc2)c2ccccc2)cc1. The predicted octanol–water partition coefficient (Wildman–Crippen LogP) is 5.42. The summed E-state index contributed by atoms with van der Waals surface area (Å²) in [7, 11) is 0. The molecule has 0 bridgehead atoms. The molecule has 1 unspecified atom stereocenters. The van der Waals surface area contributed by atoms with Crippen LogP contribution in [0.2, 0.25) is 0 Å². The number of nitrogens with zero attached hydrogens (tertiary/aromatic N) is 1. The Bertz CT molecular complexity index is 829. The number of benzene rings is 3. The van der Waals surface area contributed by atoms with Gasteiger partial charge < -0.3 is 5.32 Å². The molecule has 0 radical (unpaired) electrons. The zero-order valence-corrected chi connectivity index (χ0v) is 13.3. The number of anilines is 1. The van der Waals surface area contributed by atoms with Gasteiger partial charge in [0.2, 0.25) is 0 Å². The minimum atomic E-state index is 0.0549. The van der Waals surface area contributed by atoms with Crippen LogP contribution in [0.5, 0.6) is 0 Å². The molecule has 0 saturated carbocycles. The molecule has 0 heterocycles. The van der Waals surface area contributed by atoms with Crippen molar-refractivity contribution in [1.82, 2.24) is 0 Å². The van der Waals surface area contributed by atoms with Crippen molar-refractivity contribution < 1.29 is 0 Å². The van der Waals surface area contributed by atoms with Crippen LogP contribution in [0, 0.1) is 11.3 Å². The van der Waals surface area contributed by atoms with Crippen molar-refractivity contribution in [2.75, 3.05) is 5.32 Å². The van der Waals surface area contributed by atoms with E-state index in [4.69, 9.17) is 5.26 Å². The van der Waals surface area contributed by atoms with Crippen molar-refractivity contribution in [2.24, 2.45) is 0 Å². The zero-order chi connectivity index (χ0) is 16.6. The Morgan fingerprint density at radius 1 is 0.792 bits per heavy atom. The summed E-state index contributed by atoms with van der Waals surface area (Å²) in [5.74, 6) is 0. The van der Waals surface area contributed by atoms with E-state index in [2.05, 4.69) is 47.8 Å². The van der Waals surface area contributed by atoms with Crippen molar-refractivity contribution in [3.05, 3.63) is 108 Å². The third kappa shape index (κ3) is 4.12. The zero-order valence-electron chi connectivity index (χ0n) is 13.3. The van der Waals surface area contributed by atoms with E-state index in [0.717, 1.165) is 5.69 Å². The molecule has 3 aromatic rings. The Labute approximate surface area is 142 Å².